The van der Waals surface area contributed by atoms with Crippen LogP contribution >= 0.6 is 11.8 Å². The Morgan fingerprint density at radius 2 is 1.95 bits per heavy atom. The van der Waals surface area contributed by atoms with Crippen molar-refractivity contribution in [3.63, 3.8) is 0 Å². The molecule has 0 bridgehead atoms. The van der Waals surface area contributed by atoms with Crippen molar-refractivity contribution >= 4 is 17.7 Å². The predicted octanol–water partition coefficient (Wildman–Crippen LogP) is 3.41. The lowest BCUT2D eigenvalue weighted by molar-refractivity contribution is -0.137. The van der Waals surface area contributed by atoms with Gasteiger partial charge in [-0.05, 0) is 26.7 Å². The molecule has 1 saturated carbocycles. The molecule has 0 spiro atoms. The lowest BCUT2D eigenvalue weighted by Gasteiger charge is -2.26. The molecule has 0 amide bonds. The number of imidazole rings is 1. The van der Waals surface area contributed by atoms with E-state index >= 15 is 0 Å². The highest BCUT2D eigenvalue weighted by Gasteiger charge is 2.31. The maximum atomic E-state index is 11.7. The van der Waals surface area contributed by atoms with Gasteiger partial charge in [-0.2, -0.15) is 0 Å². The molecule has 1 aliphatic carbocycles. The number of cyclic esters (lactones) is 1. The second-order valence-electron chi connectivity index (χ2n) is 5.79. The number of carbonyl (C=O) groups excluding carboxylic acids is 1. The minimum absolute atomic E-state index is 0.0708. The molecule has 1 saturated heterocycles. The second kappa shape index (κ2) is 5.80. The Morgan fingerprint density at radius 3 is 2.60 bits per heavy atom. The van der Waals surface area contributed by atoms with Gasteiger partial charge in [0.15, 0.2) is 5.16 Å². The number of esters is 1. The van der Waals surface area contributed by atoms with Crippen LogP contribution in [0.3, 0.4) is 0 Å². The fourth-order valence-corrected chi connectivity index (χ4v) is 4.38. The Bertz CT molecular complexity index is 506. The van der Waals surface area contributed by atoms with E-state index in [0.29, 0.717) is 12.6 Å². The number of aryl methyl sites for hydroxylation is 1. The van der Waals surface area contributed by atoms with Crippen LogP contribution in [0.4, 0.5) is 0 Å². The Hall–Kier alpha value is -0.970. The summed E-state index contributed by atoms with van der Waals surface area (Å²) in [5.41, 5.74) is 2.34. The van der Waals surface area contributed by atoms with Crippen molar-refractivity contribution in [3.05, 3.63) is 11.4 Å². The molecule has 2 aliphatic rings. The lowest BCUT2D eigenvalue weighted by atomic mass is 9.95. The number of carbonyl (C=O) groups is 1. The standard InChI is InChI=1S/C15H22N2O2S/c1-10-11(2)17(12-6-4-3-5-7-12)15(16-10)20-13-8-9-19-14(13)18/h12-13H,3-9H2,1-2H3/t13-/m0/s1. The van der Waals surface area contributed by atoms with Gasteiger partial charge in [0.25, 0.3) is 0 Å². The van der Waals surface area contributed by atoms with Crippen LogP contribution in [0.15, 0.2) is 5.16 Å². The highest BCUT2D eigenvalue weighted by Crippen LogP contribution is 2.37. The van der Waals surface area contributed by atoms with Gasteiger partial charge in [0, 0.05) is 18.2 Å². The number of ether oxygens (including phenoxy) is 1. The number of nitrogens with zero attached hydrogens (tertiary/aromatic N) is 2. The van der Waals surface area contributed by atoms with Crippen LogP contribution in [0.25, 0.3) is 0 Å². The molecule has 1 atom stereocenters. The largest absolute Gasteiger partial charge is 0.465 e. The molecule has 3 rings (SSSR count). The third kappa shape index (κ3) is 2.60. The van der Waals surface area contributed by atoms with Crippen LogP contribution in [0, 0.1) is 13.8 Å². The average molecular weight is 294 g/mol. The molecular weight excluding hydrogens is 272 g/mol. The van der Waals surface area contributed by atoms with E-state index < -0.39 is 0 Å². The van der Waals surface area contributed by atoms with E-state index in [1.165, 1.54) is 37.8 Å². The van der Waals surface area contributed by atoms with Gasteiger partial charge >= 0.3 is 5.97 Å². The summed E-state index contributed by atoms with van der Waals surface area (Å²) in [7, 11) is 0. The normalized spacial score (nSPS) is 24.1. The van der Waals surface area contributed by atoms with E-state index in [1.54, 1.807) is 11.8 Å². The van der Waals surface area contributed by atoms with Crippen LogP contribution in [-0.4, -0.2) is 27.4 Å². The van der Waals surface area contributed by atoms with Crippen molar-refractivity contribution < 1.29 is 9.53 Å². The summed E-state index contributed by atoms with van der Waals surface area (Å²) in [6.07, 6.45) is 7.23. The molecule has 110 valence electrons. The Kier molecular flexibility index (Phi) is 4.06. The van der Waals surface area contributed by atoms with Gasteiger partial charge in [0.2, 0.25) is 0 Å². The fraction of sp³-hybridized carbons (Fsp3) is 0.733. The fourth-order valence-electron chi connectivity index (χ4n) is 3.16. The van der Waals surface area contributed by atoms with Gasteiger partial charge in [-0.15, -0.1) is 0 Å². The van der Waals surface area contributed by atoms with Gasteiger partial charge in [0.1, 0.15) is 5.25 Å². The van der Waals surface area contributed by atoms with E-state index in [0.717, 1.165) is 17.3 Å². The maximum Gasteiger partial charge on any atom is 0.319 e. The van der Waals surface area contributed by atoms with Crippen molar-refractivity contribution in [3.8, 4) is 0 Å². The lowest BCUT2D eigenvalue weighted by Crippen LogP contribution is -2.17. The molecule has 4 nitrogen and oxygen atoms in total. The topological polar surface area (TPSA) is 44.1 Å². The van der Waals surface area contributed by atoms with Crippen LogP contribution < -0.4 is 0 Å². The van der Waals surface area contributed by atoms with E-state index in [-0.39, 0.29) is 11.2 Å². The first-order chi connectivity index (χ1) is 9.66. The third-order valence-corrected chi connectivity index (χ3v) is 5.64. The average Bonchev–Trinajstić information content (AvgIpc) is 2.97. The van der Waals surface area contributed by atoms with Gasteiger partial charge in [-0.3, -0.25) is 4.79 Å². The van der Waals surface area contributed by atoms with E-state index in [9.17, 15) is 4.79 Å². The quantitative estimate of drug-likeness (QED) is 0.801. The second-order valence-corrected chi connectivity index (χ2v) is 6.96. The molecule has 0 N–H and O–H groups in total. The maximum absolute atomic E-state index is 11.7. The molecule has 1 aromatic rings. The summed E-state index contributed by atoms with van der Waals surface area (Å²) in [6.45, 7) is 4.76. The molecule has 1 aromatic heterocycles. The predicted molar refractivity (Wildman–Crippen MR) is 79.0 cm³/mol. The molecule has 0 radical (unpaired) electrons. The number of aromatic nitrogens is 2. The van der Waals surface area contributed by atoms with E-state index in [1.807, 2.05) is 0 Å². The number of thioether (sulfide) groups is 1. The highest BCUT2D eigenvalue weighted by molar-refractivity contribution is 8.00. The molecule has 1 aliphatic heterocycles. The van der Waals surface area contributed by atoms with Crippen molar-refractivity contribution in [2.24, 2.45) is 0 Å². The van der Waals surface area contributed by atoms with Crippen molar-refractivity contribution in [2.45, 2.75) is 68.8 Å². The van der Waals surface area contributed by atoms with Crippen LogP contribution in [0.1, 0.15) is 56.0 Å². The van der Waals surface area contributed by atoms with Crippen LogP contribution in [-0.2, 0) is 9.53 Å². The van der Waals surface area contributed by atoms with Gasteiger partial charge in [0.05, 0.1) is 12.3 Å². The van der Waals surface area contributed by atoms with Gasteiger partial charge in [-0.25, -0.2) is 4.98 Å². The molecular formula is C15H22N2O2S. The summed E-state index contributed by atoms with van der Waals surface area (Å²) in [5, 5.41) is 0.939. The van der Waals surface area contributed by atoms with Crippen molar-refractivity contribution in [1.29, 1.82) is 0 Å². The Morgan fingerprint density at radius 1 is 1.20 bits per heavy atom. The first-order valence-electron chi connectivity index (χ1n) is 7.55. The van der Waals surface area contributed by atoms with Crippen molar-refractivity contribution in [2.75, 3.05) is 6.61 Å². The molecule has 2 fully saturated rings. The van der Waals surface area contributed by atoms with Gasteiger partial charge in [-0.1, -0.05) is 31.0 Å². The Balaban J connectivity index is 1.85. The molecule has 0 aromatic carbocycles. The molecule has 2 heterocycles. The van der Waals surface area contributed by atoms with Crippen LogP contribution in [0.2, 0.25) is 0 Å². The van der Waals surface area contributed by atoms with Crippen molar-refractivity contribution in [1.82, 2.24) is 9.55 Å². The van der Waals surface area contributed by atoms with Gasteiger partial charge < -0.3 is 9.30 Å². The first kappa shape index (κ1) is 14.0. The van der Waals surface area contributed by atoms with E-state index in [4.69, 9.17) is 9.72 Å². The van der Waals surface area contributed by atoms with E-state index in [2.05, 4.69) is 18.4 Å². The zero-order valence-electron chi connectivity index (χ0n) is 12.2. The minimum atomic E-state index is -0.0801. The minimum Gasteiger partial charge on any atom is -0.465 e. The molecule has 5 heteroatoms. The summed E-state index contributed by atoms with van der Waals surface area (Å²) in [4.78, 5) is 16.4. The summed E-state index contributed by atoms with van der Waals surface area (Å²) in [6, 6.07) is 0.560. The zero-order chi connectivity index (χ0) is 14.1. The number of rotatable bonds is 3. The summed E-state index contributed by atoms with van der Waals surface area (Å²) < 4.78 is 7.44. The zero-order valence-corrected chi connectivity index (χ0v) is 13.0. The first-order valence-corrected chi connectivity index (χ1v) is 8.43. The molecule has 0 unspecified atom stereocenters. The summed E-state index contributed by atoms with van der Waals surface area (Å²) in [5.74, 6) is -0.0801. The Labute approximate surface area is 124 Å². The SMILES string of the molecule is Cc1nc(S[C@H]2CCOC2=O)n(C2CCCCC2)c1C. The summed E-state index contributed by atoms with van der Waals surface area (Å²) >= 11 is 1.59. The number of hydrogen-bond acceptors (Lipinski definition) is 4. The monoisotopic (exact) mass is 294 g/mol. The third-order valence-electron chi connectivity index (χ3n) is 4.43. The van der Waals surface area contributed by atoms with Crippen LogP contribution in [0.5, 0.6) is 0 Å². The smallest absolute Gasteiger partial charge is 0.319 e. The molecule has 20 heavy (non-hydrogen) atoms. The highest BCUT2D eigenvalue weighted by atomic mass is 32.2. The number of hydrogen-bond donors (Lipinski definition) is 0.